The Morgan fingerprint density at radius 3 is 2.67 bits per heavy atom. The Labute approximate surface area is 110 Å². The highest BCUT2D eigenvalue weighted by Crippen LogP contribution is 2.14. The van der Waals surface area contributed by atoms with Crippen LogP contribution in [0.1, 0.15) is 44.4 Å². The van der Waals surface area contributed by atoms with Gasteiger partial charge in [-0.15, -0.1) is 11.6 Å². The predicted molar refractivity (Wildman–Crippen MR) is 67.5 cm³/mol. The molecule has 0 aliphatic carbocycles. The molecular weight excluding hydrogens is 256 g/mol. The Morgan fingerprint density at radius 1 is 1.39 bits per heavy atom. The maximum Gasteiger partial charge on any atom is 0.338 e. The second kappa shape index (κ2) is 6.91. The number of rotatable bonds is 6. The van der Waals surface area contributed by atoms with E-state index in [4.69, 9.17) is 16.3 Å². The van der Waals surface area contributed by atoms with Gasteiger partial charge in [0.05, 0.1) is 12.2 Å². The minimum Gasteiger partial charge on any atom is -0.462 e. The average Bonchev–Trinajstić information content (AvgIpc) is 2.38. The van der Waals surface area contributed by atoms with Crippen LogP contribution in [0, 0.1) is 0 Å². The third-order valence-corrected chi connectivity index (χ3v) is 2.50. The van der Waals surface area contributed by atoms with E-state index < -0.39 is 5.97 Å². The summed E-state index contributed by atoms with van der Waals surface area (Å²) in [6, 6.07) is 4.27. The molecule has 0 aromatic heterocycles. The van der Waals surface area contributed by atoms with E-state index in [1.54, 1.807) is 6.92 Å². The second-order valence-corrected chi connectivity index (χ2v) is 3.88. The van der Waals surface area contributed by atoms with Gasteiger partial charge in [0.1, 0.15) is 0 Å². The molecule has 0 atom stereocenters. The molecule has 5 heteroatoms. The summed E-state index contributed by atoms with van der Waals surface area (Å²) in [5.74, 6) is -0.545. The van der Waals surface area contributed by atoms with Crippen molar-refractivity contribution in [2.75, 3.05) is 12.5 Å². The average molecular weight is 269 g/mol. The standard InChI is InChI=1S/C13H13ClO4/c1-2-18-13(17)9-3-4-11(10(7-9)8-15)12(16)5-6-14/h3-4,7-8H,2,5-6H2,1H3. The number of carbonyl (C=O) groups is 3. The van der Waals surface area contributed by atoms with Gasteiger partial charge in [0.15, 0.2) is 12.1 Å². The topological polar surface area (TPSA) is 60.4 Å². The van der Waals surface area contributed by atoms with E-state index >= 15 is 0 Å². The number of carbonyl (C=O) groups excluding carboxylic acids is 3. The van der Waals surface area contributed by atoms with Gasteiger partial charge in [0.2, 0.25) is 0 Å². The van der Waals surface area contributed by atoms with Gasteiger partial charge in [-0.25, -0.2) is 4.79 Å². The first-order valence-corrected chi connectivity index (χ1v) is 6.03. The number of hydrogen-bond acceptors (Lipinski definition) is 4. The molecular formula is C13H13ClO4. The molecule has 96 valence electrons. The monoisotopic (exact) mass is 268 g/mol. The van der Waals surface area contributed by atoms with Gasteiger partial charge < -0.3 is 4.74 Å². The van der Waals surface area contributed by atoms with E-state index in [0.717, 1.165) is 0 Å². The van der Waals surface area contributed by atoms with Crippen molar-refractivity contribution in [1.82, 2.24) is 0 Å². The Hall–Kier alpha value is -1.68. The van der Waals surface area contributed by atoms with E-state index in [1.807, 2.05) is 0 Å². The molecule has 0 aliphatic rings. The molecule has 0 spiro atoms. The number of ether oxygens (including phenoxy) is 1. The van der Waals surface area contributed by atoms with E-state index in [1.165, 1.54) is 18.2 Å². The quantitative estimate of drug-likeness (QED) is 0.344. The zero-order chi connectivity index (χ0) is 13.5. The Morgan fingerprint density at radius 2 is 2.11 bits per heavy atom. The molecule has 0 radical (unpaired) electrons. The maximum atomic E-state index is 11.7. The van der Waals surface area contributed by atoms with Gasteiger partial charge in [-0.3, -0.25) is 9.59 Å². The second-order valence-electron chi connectivity index (χ2n) is 3.50. The van der Waals surface area contributed by atoms with Crippen LogP contribution in [0.25, 0.3) is 0 Å². The van der Waals surface area contributed by atoms with E-state index in [2.05, 4.69) is 0 Å². The van der Waals surface area contributed by atoms with Crippen LogP contribution in [0.3, 0.4) is 0 Å². The van der Waals surface area contributed by atoms with Crippen LogP contribution in [-0.4, -0.2) is 30.5 Å². The highest BCUT2D eigenvalue weighted by Gasteiger charge is 2.14. The number of aldehydes is 1. The lowest BCUT2D eigenvalue weighted by molar-refractivity contribution is 0.0526. The molecule has 0 N–H and O–H groups in total. The van der Waals surface area contributed by atoms with Crippen molar-refractivity contribution in [3.63, 3.8) is 0 Å². The summed E-state index contributed by atoms with van der Waals surface area (Å²) in [6.45, 7) is 1.94. The molecule has 0 amide bonds. The van der Waals surface area contributed by atoms with Gasteiger partial charge in [-0.2, -0.15) is 0 Å². The van der Waals surface area contributed by atoms with Crippen molar-refractivity contribution >= 4 is 29.6 Å². The van der Waals surface area contributed by atoms with Crippen LogP contribution in [0.15, 0.2) is 18.2 Å². The highest BCUT2D eigenvalue weighted by molar-refractivity contribution is 6.20. The molecule has 0 heterocycles. The van der Waals surface area contributed by atoms with Crippen molar-refractivity contribution in [3.8, 4) is 0 Å². The number of halogens is 1. The van der Waals surface area contributed by atoms with Gasteiger partial charge >= 0.3 is 5.97 Å². The van der Waals surface area contributed by atoms with Crippen molar-refractivity contribution in [2.24, 2.45) is 0 Å². The normalized spacial score (nSPS) is 9.89. The van der Waals surface area contributed by atoms with Gasteiger partial charge in [-0.05, 0) is 25.1 Å². The molecule has 1 aromatic carbocycles. The van der Waals surface area contributed by atoms with E-state index in [0.29, 0.717) is 6.29 Å². The third kappa shape index (κ3) is 3.40. The number of benzene rings is 1. The zero-order valence-corrected chi connectivity index (χ0v) is 10.7. The van der Waals surface area contributed by atoms with Crippen LogP contribution >= 0.6 is 11.6 Å². The Balaban J connectivity index is 3.07. The molecule has 0 fully saturated rings. The molecule has 0 saturated carbocycles. The minimum absolute atomic E-state index is 0.154. The first-order valence-electron chi connectivity index (χ1n) is 5.49. The molecule has 0 saturated heterocycles. The van der Waals surface area contributed by atoms with Crippen molar-refractivity contribution in [1.29, 1.82) is 0 Å². The van der Waals surface area contributed by atoms with E-state index in [-0.39, 0.29) is 41.4 Å². The summed E-state index contributed by atoms with van der Waals surface area (Å²) >= 11 is 5.48. The maximum absolute atomic E-state index is 11.7. The van der Waals surface area contributed by atoms with Gasteiger partial charge in [0, 0.05) is 23.4 Å². The number of esters is 1. The fraction of sp³-hybridized carbons (Fsp3) is 0.308. The minimum atomic E-state index is -0.517. The fourth-order valence-corrected chi connectivity index (χ4v) is 1.65. The van der Waals surface area contributed by atoms with Crippen molar-refractivity contribution in [2.45, 2.75) is 13.3 Å². The van der Waals surface area contributed by atoms with Gasteiger partial charge in [0.25, 0.3) is 0 Å². The van der Waals surface area contributed by atoms with Crippen LogP contribution < -0.4 is 0 Å². The van der Waals surface area contributed by atoms with Crippen molar-refractivity contribution in [3.05, 3.63) is 34.9 Å². The summed E-state index contributed by atoms with van der Waals surface area (Å²) in [5.41, 5.74) is 0.704. The predicted octanol–water partition coefficient (Wildman–Crippen LogP) is 2.49. The van der Waals surface area contributed by atoms with Crippen LogP contribution in [-0.2, 0) is 4.74 Å². The first-order chi connectivity index (χ1) is 8.63. The summed E-state index contributed by atoms with van der Waals surface area (Å²) in [7, 11) is 0. The molecule has 1 aromatic rings. The largest absolute Gasteiger partial charge is 0.462 e. The molecule has 0 aliphatic heterocycles. The number of hydrogen-bond donors (Lipinski definition) is 0. The van der Waals surface area contributed by atoms with Crippen LogP contribution in [0.2, 0.25) is 0 Å². The number of ketones is 1. The summed E-state index contributed by atoms with van der Waals surface area (Å²) in [5, 5.41) is 0. The SMILES string of the molecule is CCOC(=O)c1ccc(C(=O)CCCl)c(C=O)c1. The molecule has 0 bridgehead atoms. The lowest BCUT2D eigenvalue weighted by Crippen LogP contribution is -2.09. The smallest absolute Gasteiger partial charge is 0.338 e. The molecule has 1 rings (SSSR count). The van der Waals surface area contributed by atoms with E-state index in [9.17, 15) is 14.4 Å². The summed E-state index contributed by atoms with van der Waals surface area (Å²) in [4.78, 5) is 34.1. The van der Waals surface area contributed by atoms with Crippen LogP contribution in [0.4, 0.5) is 0 Å². The third-order valence-electron chi connectivity index (χ3n) is 2.31. The summed E-state index contributed by atoms with van der Waals surface area (Å²) < 4.78 is 4.81. The number of Topliss-reactive ketones (excluding diaryl/α,β-unsaturated/α-hetero) is 1. The zero-order valence-electron chi connectivity index (χ0n) is 9.94. The van der Waals surface area contributed by atoms with Crippen LogP contribution in [0.5, 0.6) is 0 Å². The lowest BCUT2D eigenvalue weighted by atomic mass is 10.0. The Bertz CT molecular complexity index is 468. The summed E-state index contributed by atoms with van der Waals surface area (Å²) in [6.07, 6.45) is 0.700. The van der Waals surface area contributed by atoms with Crippen molar-refractivity contribution < 1.29 is 19.1 Å². The highest BCUT2D eigenvalue weighted by atomic mass is 35.5. The molecule has 4 nitrogen and oxygen atoms in total. The lowest BCUT2D eigenvalue weighted by Gasteiger charge is -2.06. The fourth-order valence-electron chi connectivity index (χ4n) is 1.48. The number of alkyl halides is 1. The molecule has 0 unspecified atom stereocenters. The first kappa shape index (κ1) is 14.4. The van der Waals surface area contributed by atoms with Gasteiger partial charge in [-0.1, -0.05) is 0 Å². The molecule has 18 heavy (non-hydrogen) atoms. The Kier molecular flexibility index (Phi) is 5.52.